The van der Waals surface area contributed by atoms with Gasteiger partial charge in [0.2, 0.25) is 0 Å². The van der Waals surface area contributed by atoms with Crippen LogP contribution in [0.5, 0.6) is 0 Å². The smallest absolute Gasteiger partial charge is 0.432 e. The molecule has 1 saturated heterocycles. The van der Waals surface area contributed by atoms with E-state index < -0.39 is 14.2 Å². The molecular formula is C16H23B2NO3. The highest BCUT2D eigenvalue weighted by Crippen LogP contribution is 2.37. The Morgan fingerprint density at radius 1 is 1.09 bits per heavy atom. The highest BCUT2D eigenvalue weighted by Gasteiger charge is 2.53. The number of hydrogen-bond donors (Lipinski definition) is 1. The summed E-state index contributed by atoms with van der Waals surface area (Å²) in [5, 5.41) is 11.2. The molecule has 22 heavy (non-hydrogen) atoms. The van der Waals surface area contributed by atoms with Crippen LogP contribution in [0.3, 0.4) is 0 Å². The minimum Gasteiger partial charge on any atom is -0.432 e. The lowest BCUT2D eigenvalue weighted by Crippen LogP contribution is -2.41. The predicted octanol–water partition coefficient (Wildman–Crippen LogP) is 2.21. The third kappa shape index (κ3) is 2.13. The van der Waals surface area contributed by atoms with Crippen molar-refractivity contribution in [3.63, 3.8) is 0 Å². The quantitative estimate of drug-likeness (QED) is 0.865. The summed E-state index contributed by atoms with van der Waals surface area (Å²) in [5.74, 6) is 0. The van der Waals surface area contributed by atoms with E-state index in [9.17, 15) is 5.02 Å². The van der Waals surface area contributed by atoms with E-state index in [0.717, 1.165) is 22.1 Å². The van der Waals surface area contributed by atoms with Gasteiger partial charge in [0.25, 0.3) is 0 Å². The average molecular weight is 299 g/mol. The largest absolute Gasteiger partial charge is 0.497 e. The Bertz CT molecular complexity index is 705. The molecule has 0 unspecified atom stereocenters. The van der Waals surface area contributed by atoms with Crippen LogP contribution in [0.25, 0.3) is 10.9 Å². The van der Waals surface area contributed by atoms with Gasteiger partial charge < -0.3 is 18.8 Å². The van der Waals surface area contributed by atoms with E-state index in [4.69, 9.17) is 9.31 Å². The number of nitrogens with zero attached hydrogens (tertiary/aromatic N) is 1. The molecule has 0 saturated carbocycles. The van der Waals surface area contributed by atoms with E-state index in [1.165, 1.54) is 0 Å². The molecule has 0 spiro atoms. The van der Waals surface area contributed by atoms with Crippen LogP contribution >= 0.6 is 0 Å². The van der Waals surface area contributed by atoms with Crippen LogP contribution in [-0.4, -0.2) is 34.9 Å². The molecule has 1 aromatic carbocycles. The molecule has 1 aliphatic heterocycles. The maximum absolute atomic E-state index is 10.1. The Morgan fingerprint density at radius 3 is 2.18 bits per heavy atom. The maximum Gasteiger partial charge on any atom is 0.497 e. The van der Waals surface area contributed by atoms with Gasteiger partial charge in [-0.3, -0.25) is 0 Å². The standard InChI is InChI=1S/C16H23B2NO3/c1-11-14(18-21-15(2,3)16(4,5)22-18)12-9-7-8-10-13(12)19(11)17(6)20/h7-10,20H,1-6H3. The topological polar surface area (TPSA) is 43.6 Å². The van der Waals surface area contributed by atoms with E-state index in [1.54, 1.807) is 6.82 Å². The molecule has 0 aliphatic carbocycles. The van der Waals surface area contributed by atoms with Crippen LogP contribution in [0, 0.1) is 6.92 Å². The maximum atomic E-state index is 10.1. The van der Waals surface area contributed by atoms with E-state index in [2.05, 4.69) is 33.8 Å². The first-order valence-electron chi connectivity index (χ1n) is 7.79. The Morgan fingerprint density at radius 2 is 1.64 bits per heavy atom. The Hall–Kier alpha value is -1.23. The van der Waals surface area contributed by atoms with E-state index in [0.29, 0.717) is 0 Å². The highest BCUT2D eigenvalue weighted by molar-refractivity contribution is 6.66. The van der Waals surface area contributed by atoms with Crippen molar-refractivity contribution in [1.29, 1.82) is 0 Å². The van der Waals surface area contributed by atoms with Gasteiger partial charge in [-0.05, 0) is 52.9 Å². The summed E-state index contributed by atoms with van der Waals surface area (Å²) < 4.78 is 14.4. The Kier molecular flexibility index (Phi) is 3.47. The lowest BCUT2D eigenvalue weighted by molar-refractivity contribution is 0.00578. The van der Waals surface area contributed by atoms with Gasteiger partial charge in [-0.1, -0.05) is 18.2 Å². The van der Waals surface area contributed by atoms with Gasteiger partial charge in [0.1, 0.15) is 0 Å². The minimum absolute atomic E-state index is 0.377. The zero-order chi connectivity index (χ0) is 16.3. The lowest BCUT2D eigenvalue weighted by Gasteiger charge is -2.32. The summed E-state index contributed by atoms with van der Waals surface area (Å²) in [6, 6.07) is 8.06. The van der Waals surface area contributed by atoms with Gasteiger partial charge in [0.05, 0.1) is 11.2 Å². The zero-order valence-corrected chi connectivity index (χ0v) is 14.2. The van der Waals surface area contributed by atoms with Gasteiger partial charge in [0.15, 0.2) is 0 Å². The molecule has 0 atom stereocenters. The highest BCUT2D eigenvalue weighted by atomic mass is 16.7. The Labute approximate surface area is 132 Å². The van der Waals surface area contributed by atoms with Gasteiger partial charge in [-0.15, -0.1) is 0 Å². The zero-order valence-electron chi connectivity index (χ0n) is 14.2. The molecule has 0 radical (unpaired) electrons. The van der Waals surface area contributed by atoms with Gasteiger partial charge >= 0.3 is 14.2 Å². The molecular weight excluding hydrogens is 276 g/mol. The number of rotatable bonds is 2. The summed E-state index contributed by atoms with van der Waals surface area (Å²) in [5.41, 5.74) is 2.24. The molecule has 116 valence electrons. The summed E-state index contributed by atoms with van der Waals surface area (Å²) in [4.78, 5) is 0. The number of fused-ring (bicyclic) bond motifs is 1. The van der Waals surface area contributed by atoms with Crippen molar-refractivity contribution in [3.8, 4) is 0 Å². The second-order valence-corrected chi connectivity index (χ2v) is 7.11. The molecule has 0 amide bonds. The summed E-state index contributed by atoms with van der Waals surface area (Å²) >= 11 is 0. The summed E-state index contributed by atoms with van der Waals surface area (Å²) in [7, 11) is -1.02. The minimum atomic E-state index is -0.596. The third-order valence-corrected chi connectivity index (χ3v) is 5.07. The van der Waals surface area contributed by atoms with E-state index in [1.807, 2.05) is 29.6 Å². The summed E-state index contributed by atoms with van der Waals surface area (Å²) in [6.45, 7) is 12.0. The lowest BCUT2D eigenvalue weighted by atomic mass is 9.76. The average Bonchev–Trinajstić information content (AvgIpc) is 2.79. The van der Waals surface area contributed by atoms with Gasteiger partial charge in [0, 0.05) is 16.7 Å². The third-order valence-electron chi connectivity index (χ3n) is 5.07. The molecule has 2 heterocycles. The van der Waals surface area contributed by atoms with Crippen LogP contribution in [0.4, 0.5) is 0 Å². The molecule has 2 aromatic rings. The second-order valence-electron chi connectivity index (χ2n) is 7.11. The van der Waals surface area contributed by atoms with E-state index >= 15 is 0 Å². The first kappa shape index (κ1) is 15.7. The van der Waals surface area contributed by atoms with Crippen LogP contribution < -0.4 is 5.46 Å². The van der Waals surface area contributed by atoms with Crippen LogP contribution in [-0.2, 0) is 9.31 Å². The molecule has 1 aromatic heterocycles. The number of benzene rings is 1. The van der Waals surface area contributed by atoms with Crippen molar-refractivity contribution < 1.29 is 14.3 Å². The first-order chi connectivity index (χ1) is 10.2. The first-order valence-corrected chi connectivity index (χ1v) is 7.79. The van der Waals surface area contributed by atoms with Crippen LogP contribution in [0.15, 0.2) is 24.3 Å². The normalized spacial score (nSPS) is 19.9. The van der Waals surface area contributed by atoms with Crippen molar-refractivity contribution >= 4 is 30.5 Å². The molecule has 6 heteroatoms. The van der Waals surface area contributed by atoms with Crippen molar-refractivity contribution in [2.24, 2.45) is 0 Å². The van der Waals surface area contributed by atoms with Crippen molar-refractivity contribution in [2.75, 3.05) is 0 Å². The predicted molar refractivity (Wildman–Crippen MR) is 91.6 cm³/mol. The Balaban J connectivity index is 2.19. The summed E-state index contributed by atoms with van der Waals surface area (Å²) in [6.07, 6.45) is 0. The van der Waals surface area contributed by atoms with Gasteiger partial charge in [-0.25, -0.2) is 0 Å². The van der Waals surface area contributed by atoms with E-state index in [-0.39, 0.29) is 11.2 Å². The fourth-order valence-electron chi connectivity index (χ4n) is 3.16. The van der Waals surface area contributed by atoms with Gasteiger partial charge in [-0.2, -0.15) is 0 Å². The second kappa shape index (κ2) is 4.88. The van der Waals surface area contributed by atoms with Crippen LogP contribution in [0.2, 0.25) is 6.82 Å². The molecule has 1 aliphatic rings. The molecule has 0 bridgehead atoms. The fourth-order valence-corrected chi connectivity index (χ4v) is 3.16. The number of para-hydroxylation sites is 1. The molecule has 3 rings (SSSR count). The molecule has 1 fully saturated rings. The fraction of sp³-hybridized carbons (Fsp3) is 0.500. The monoisotopic (exact) mass is 299 g/mol. The molecule has 1 N–H and O–H groups in total. The number of hydrogen-bond acceptors (Lipinski definition) is 3. The molecule has 4 nitrogen and oxygen atoms in total. The van der Waals surface area contributed by atoms with Crippen LogP contribution in [0.1, 0.15) is 33.4 Å². The SMILES string of the molecule is CB(O)n1c(C)c(B2OC(C)(C)C(C)(C)O2)c2ccccc21. The number of aromatic nitrogens is 1. The van der Waals surface area contributed by atoms with Crippen molar-refractivity contribution in [3.05, 3.63) is 30.0 Å². The van der Waals surface area contributed by atoms with Crippen molar-refractivity contribution in [2.45, 2.75) is 52.6 Å². The van der Waals surface area contributed by atoms with Crippen molar-refractivity contribution in [1.82, 2.24) is 4.48 Å².